The summed E-state index contributed by atoms with van der Waals surface area (Å²) in [6.07, 6.45) is 0. The number of rotatable bonds is 3. The number of aromatic nitrogens is 3. The molecule has 1 fully saturated rings. The van der Waals surface area contributed by atoms with E-state index < -0.39 is 0 Å². The number of carbonyl (C=O) groups is 1. The quantitative estimate of drug-likeness (QED) is 0.784. The second-order valence-corrected chi connectivity index (χ2v) is 7.07. The summed E-state index contributed by atoms with van der Waals surface area (Å²) in [6.45, 7) is 1.66. The van der Waals surface area contributed by atoms with Crippen LogP contribution in [0.2, 0.25) is 0 Å². The lowest BCUT2D eigenvalue weighted by Crippen LogP contribution is -2.37. The van der Waals surface area contributed by atoms with Crippen LogP contribution in [0.1, 0.15) is 10.4 Å². The fourth-order valence-electron chi connectivity index (χ4n) is 2.96. The van der Waals surface area contributed by atoms with Gasteiger partial charge in [0.15, 0.2) is 5.65 Å². The van der Waals surface area contributed by atoms with Gasteiger partial charge in [0.25, 0.3) is 5.91 Å². The van der Waals surface area contributed by atoms with Crippen LogP contribution in [0.25, 0.3) is 16.9 Å². The van der Waals surface area contributed by atoms with Gasteiger partial charge >= 0.3 is 0 Å². The van der Waals surface area contributed by atoms with Crippen molar-refractivity contribution >= 4 is 29.3 Å². The Labute approximate surface area is 150 Å². The van der Waals surface area contributed by atoms with Gasteiger partial charge < -0.3 is 10.2 Å². The molecule has 3 heterocycles. The van der Waals surface area contributed by atoms with Gasteiger partial charge in [-0.25, -0.2) is 4.52 Å². The van der Waals surface area contributed by atoms with Crippen molar-refractivity contribution in [1.29, 1.82) is 0 Å². The van der Waals surface area contributed by atoms with Crippen LogP contribution in [0, 0.1) is 0 Å². The lowest BCUT2D eigenvalue weighted by atomic mass is 10.1. The molecule has 1 aliphatic rings. The highest BCUT2D eigenvalue weighted by molar-refractivity contribution is 7.99. The molecule has 2 aromatic heterocycles. The lowest BCUT2D eigenvalue weighted by Gasteiger charge is -2.26. The normalized spacial score (nSPS) is 14.7. The van der Waals surface area contributed by atoms with Gasteiger partial charge in [-0.1, -0.05) is 18.2 Å². The molecule has 1 aliphatic heterocycles. The smallest absolute Gasteiger partial charge is 0.253 e. The van der Waals surface area contributed by atoms with E-state index >= 15 is 0 Å². The van der Waals surface area contributed by atoms with Crippen molar-refractivity contribution < 1.29 is 4.79 Å². The summed E-state index contributed by atoms with van der Waals surface area (Å²) in [6, 6.07) is 13.6. The van der Waals surface area contributed by atoms with Crippen LogP contribution in [0.5, 0.6) is 0 Å². The van der Waals surface area contributed by atoms with Crippen LogP contribution in [-0.4, -0.2) is 57.0 Å². The number of amides is 1. The summed E-state index contributed by atoms with van der Waals surface area (Å²) in [5.74, 6) is 2.74. The molecule has 0 aliphatic carbocycles. The second-order valence-electron chi connectivity index (χ2n) is 5.85. The predicted molar refractivity (Wildman–Crippen MR) is 101 cm³/mol. The molecule has 6 nitrogen and oxygen atoms in total. The Bertz CT molecular complexity index is 899. The van der Waals surface area contributed by atoms with Crippen LogP contribution in [0.4, 0.5) is 5.95 Å². The third-order valence-corrected chi connectivity index (χ3v) is 5.25. The monoisotopic (exact) mass is 353 g/mol. The van der Waals surface area contributed by atoms with Crippen molar-refractivity contribution in [2.24, 2.45) is 0 Å². The van der Waals surface area contributed by atoms with Crippen molar-refractivity contribution in [2.75, 3.05) is 37.0 Å². The van der Waals surface area contributed by atoms with Crippen molar-refractivity contribution in [1.82, 2.24) is 19.5 Å². The van der Waals surface area contributed by atoms with Gasteiger partial charge in [-0.3, -0.25) is 4.79 Å². The SMILES string of the molecule is CNc1nc2cccc(-c3ccc(C(=O)N4CCSCC4)cc3)n2n1. The third-order valence-electron chi connectivity index (χ3n) is 4.31. The number of hydrogen-bond acceptors (Lipinski definition) is 5. The standard InChI is InChI=1S/C18H19N5OS/c1-19-18-20-16-4-2-3-15(23(16)21-18)13-5-7-14(8-6-13)17(24)22-9-11-25-12-10-22/h2-8H,9-12H2,1H3,(H,19,21). The number of hydrogen-bond donors (Lipinski definition) is 1. The van der Waals surface area contributed by atoms with E-state index in [-0.39, 0.29) is 5.91 Å². The zero-order valence-electron chi connectivity index (χ0n) is 14.0. The second kappa shape index (κ2) is 6.76. The summed E-state index contributed by atoms with van der Waals surface area (Å²) in [5.41, 5.74) is 3.47. The fourth-order valence-corrected chi connectivity index (χ4v) is 3.87. The van der Waals surface area contributed by atoms with Gasteiger partial charge in [-0.15, -0.1) is 5.10 Å². The number of pyridine rings is 1. The van der Waals surface area contributed by atoms with Gasteiger partial charge in [0.2, 0.25) is 5.95 Å². The zero-order valence-corrected chi connectivity index (χ0v) is 14.8. The number of fused-ring (bicyclic) bond motifs is 1. The van der Waals surface area contributed by atoms with Gasteiger partial charge in [0.1, 0.15) is 0 Å². The van der Waals surface area contributed by atoms with Crippen LogP contribution < -0.4 is 5.32 Å². The Hall–Kier alpha value is -2.54. The molecule has 0 saturated carbocycles. The number of nitrogens with one attached hydrogen (secondary N) is 1. The Balaban J connectivity index is 1.64. The van der Waals surface area contributed by atoms with E-state index in [0.29, 0.717) is 5.95 Å². The molecule has 0 atom stereocenters. The molecule has 1 saturated heterocycles. The minimum atomic E-state index is 0.114. The summed E-state index contributed by atoms with van der Waals surface area (Å²) in [5, 5.41) is 7.42. The first-order valence-electron chi connectivity index (χ1n) is 8.27. The van der Waals surface area contributed by atoms with Gasteiger partial charge in [0, 0.05) is 42.8 Å². The van der Waals surface area contributed by atoms with E-state index in [1.165, 1.54) is 0 Å². The predicted octanol–water partition coefficient (Wildman–Crippen LogP) is 2.63. The number of benzene rings is 1. The maximum atomic E-state index is 12.6. The number of nitrogens with zero attached hydrogens (tertiary/aromatic N) is 4. The van der Waals surface area contributed by atoms with E-state index in [2.05, 4.69) is 15.4 Å². The first-order valence-corrected chi connectivity index (χ1v) is 9.43. The lowest BCUT2D eigenvalue weighted by molar-refractivity contribution is 0.0772. The number of thioether (sulfide) groups is 1. The van der Waals surface area contributed by atoms with Crippen LogP contribution >= 0.6 is 11.8 Å². The molecule has 0 radical (unpaired) electrons. The van der Waals surface area contributed by atoms with Crippen molar-refractivity contribution in [3.63, 3.8) is 0 Å². The maximum Gasteiger partial charge on any atom is 0.253 e. The van der Waals surface area contributed by atoms with E-state index in [9.17, 15) is 4.79 Å². The van der Waals surface area contributed by atoms with Gasteiger partial charge in [0.05, 0.1) is 5.69 Å². The Morgan fingerprint density at radius 2 is 1.88 bits per heavy atom. The first kappa shape index (κ1) is 16.0. The van der Waals surface area contributed by atoms with E-state index in [4.69, 9.17) is 0 Å². The van der Waals surface area contributed by atoms with E-state index in [1.54, 1.807) is 7.05 Å². The molecule has 1 N–H and O–H groups in total. The molecule has 0 unspecified atom stereocenters. The van der Waals surface area contributed by atoms with Gasteiger partial charge in [-0.2, -0.15) is 16.7 Å². The molecule has 7 heteroatoms. The molecule has 25 heavy (non-hydrogen) atoms. The zero-order chi connectivity index (χ0) is 17.2. The molecule has 4 rings (SSSR count). The molecule has 0 bridgehead atoms. The number of anilines is 1. The minimum absolute atomic E-state index is 0.114. The van der Waals surface area contributed by atoms with Crippen molar-refractivity contribution in [3.05, 3.63) is 48.0 Å². The molecular formula is C18H19N5OS. The van der Waals surface area contributed by atoms with Crippen molar-refractivity contribution in [3.8, 4) is 11.3 Å². The molecule has 0 spiro atoms. The number of carbonyl (C=O) groups excluding carboxylic acids is 1. The van der Waals surface area contributed by atoms with Crippen LogP contribution in [0.15, 0.2) is 42.5 Å². The summed E-state index contributed by atoms with van der Waals surface area (Å²) < 4.78 is 1.81. The minimum Gasteiger partial charge on any atom is -0.356 e. The molecule has 1 amide bonds. The molecule has 128 valence electrons. The highest BCUT2D eigenvalue weighted by atomic mass is 32.2. The third kappa shape index (κ3) is 3.07. The summed E-state index contributed by atoms with van der Waals surface area (Å²) >= 11 is 1.90. The fraction of sp³-hybridized carbons (Fsp3) is 0.278. The summed E-state index contributed by atoms with van der Waals surface area (Å²) in [4.78, 5) is 18.9. The van der Waals surface area contributed by atoms with Crippen LogP contribution in [-0.2, 0) is 0 Å². The Morgan fingerprint density at radius 1 is 1.12 bits per heavy atom. The highest BCUT2D eigenvalue weighted by Gasteiger charge is 2.18. The largest absolute Gasteiger partial charge is 0.356 e. The summed E-state index contributed by atoms with van der Waals surface area (Å²) in [7, 11) is 1.80. The molecule has 3 aromatic rings. The average Bonchev–Trinajstić information content (AvgIpc) is 3.12. The first-order chi connectivity index (χ1) is 12.3. The Morgan fingerprint density at radius 3 is 2.60 bits per heavy atom. The topological polar surface area (TPSA) is 62.5 Å². The van der Waals surface area contributed by atoms with Crippen LogP contribution in [0.3, 0.4) is 0 Å². The maximum absolute atomic E-state index is 12.6. The van der Waals surface area contributed by atoms with Crippen molar-refractivity contribution in [2.45, 2.75) is 0 Å². The molecule has 1 aromatic carbocycles. The highest BCUT2D eigenvalue weighted by Crippen LogP contribution is 2.22. The Kier molecular flexibility index (Phi) is 4.31. The van der Waals surface area contributed by atoms with E-state index in [0.717, 1.165) is 47.1 Å². The molecular weight excluding hydrogens is 334 g/mol. The average molecular weight is 353 g/mol. The van der Waals surface area contributed by atoms with Gasteiger partial charge in [-0.05, 0) is 24.3 Å². The van der Waals surface area contributed by atoms with E-state index in [1.807, 2.05) is 63.6 Å².